The fraction of sp³-hybridized carbons (Fsp3) is 1.00. The largest absolute Gasteiger partial charge is 0.457 e. The monoisotopic (exact) mass is 194 g/mol. The third-order valence-corrected chi connectivity index (χ3v) is 6.76. The van der Waals surface area contributed by atoms with E-state index < -0.39 is 8.32 Å². The zero-order valence-corrected chi connectivity index (χ0v) is 11.2. The highest BCUT2D eigenvalue weighted by Gasteiger charge is 2.35. The highest BCUT2D eigenvalue weighted by Crippen LogP contribution is 2.14. The van der Waals surface area contributed by atoms with Crippen LogP contribution in [-0.4, -0.2) is 37.9 Å². The highest BCUT2D eigenvalue weighted by molar-refractivity contribution is 7.05. The lowest BCUT2D eigenvalue weighted by molar-refractivity contribution is 0.0334. The molecule has 0 saturated heterocycles. The van der Waals surface area contributed by atoms with Crippen LogP contribution in [0.4, 0.5) is 0 Å². The minimum absolute atomic E-state index is 0.167. The molecule has 0 aliphatic heterocycles. The average molecular weight is 194 g/mol. The quantitative estimate of drug-likeness (QED) is 0.587. The molecule has 68 valence electrons. The fourth-order valence-electron chi connectivity index (χ4n) is 0.723. The van der Waals surface area contributed by atoms with Crippen LogP contribution in [0.5, 0.6) is 0 Å². The molecule has 5 heteroatoms. The molecular formula is C6H18O3Si2. The molecular weight excluding hydrogens is 176 g/mol. The van der Waals surface area contributed by atoms with Crippen LogP contribution in [0.25, 0.3) is 0 Å². The van der Waals surface area contributed by atoms with E-state index in [1.165, 1.54) is 0 Å². The molecule has 0 atom stereocenters. The van der Waals surface area contributed by atoms with E-state index in [0.717, 1.165) is 9.76 Å². The molecule has 0 rings (SSSR count). The fourth-order valence-corrected chi connectivity index (χ4v) is 4.01. The Bertz CT molecular complexity index is 117. The maximum absolute atomic E-state index is 5.68. The molecule has 0 aliphatic rings. The van der Waals surface area contributed by atoms with Crippen molar-refractivity contribution in [1.82, 2.24) is 0 Å². The van der Waals surface area contributed by atoms with Crippen LogP contribution in [0.3, 0.4) is 0 Å². The summed E-state index contributed by atoms with van der Waals surface area (Å²) in [5.74, 6) is 0. The van der Waals surface area contributed by atoms with Crippen molar-refractivity contribution in [3.63, 3.8) is 0 Å². The van der Waals surface area contributed by atoms with Gasteiger partial charge in [-0.15, -0.1) is 0 Å². The lowest BCUT2D eigenvalue weighted by Crippen LogP contribution is -2.50. The van der Waals surface area contributed by atoms with Gasteiger partial charge in [-0.2, -0.15) is 0 Å². The Balaban J connectivity index is 4.08. The van der Waals surface area contributed by atoms with Gasteiger partial charge in [-0.25, -0.2) is 0 Å². The molecule has 11 heavy (non-hydrogen) atoms. The Hall–Kier alpha value is 0.314. The maximum atomic E-state index is 5.68. The second kappa shape index (κ2) is 3.82. The van der Waals surface area contributed by atoms with Crippen molar-refractivity contribution >= 4 is 18.1 Å². The summed E-state index contributed by atoms with van der Waals surface area (Å²) < 4.78 is 16.1. The maximum Gasteiger partial charge on any atom is 0.457 e. The van der Waals surface area contributed by atoms with Gasteiger partial charge in [-0.3, -0.25) is 0 Å². The van der Waals surface area contributed by atoms with Crippen molar-refractivity contribution in [3.05, 3.63) is 0 Å². The highest BCUT2D eigenvalue weighted by atomic mass is 29.2. The van der Waals surface area contributed by atoms with E-state index in [9.17, 15) is 0 Å². The molecule has 0 fully saturated rings. The van der Waals surface area contributed by atoms with Gasteiger partial charge in [0, 0.05) is 14.2 Å². The second-order valence-electron chi connectivity index (χ2n) is 3.49. The Morgan fingerprint density at radius 1 is 1.09 bits per heavy atom. The van der Waals surface area contributed by atoms with Gasteiger partial charge in [-0.1, -0.05) is 0 Å². The summed E-state index contributed by atoms with van der Waals surface area (Å²) >= 11 is 0. The van der Waals surface area contributed by atoms with E-state index in [1.54, 1.807) is 14.2 Å². The first-order chi connectivity index (χ1) is 4.83. The molecule has 0 aromatic carbocycles. The third kappa shape index (κ3) is 4.70. The molecule has 0 amide bonds. The molecule has 0 N–H and O–H groups in total. The van der Waals surface area contributed by atoms with E-state index in [0.29, 0.717) is 0 Å². The van der Waals surface area contributed by atoms with Gasteiger partial charge in [-0.05, 0) is 20.8 Å². The molecule has 0 aromatic heterocycles. The first kappa shape index (κ1) is 11.3. The molecule has 0 saturated carbocycles. The normalized spacial score (nSPS) is 13.9. The molecule has 0 spiro atoms. The van der Waals surface area contributed by atoms with Crippen molar-refractivity contribution in [2.45, 2.75) is 26.4 Å². The van der Waals surface area contributed by atoms with Gasteiger partial charge < -0.3 is 13.3 Å². The van der Waals surface area contributed by atoms with Crippen molar-refractivity contribution in [2.75, 3.05) is 14.2 Å². The summed E-state index contributed by atoms with van der Waals surface area (Å²) in [7, 11) is 1.92. The minimum Gasteiger partial charge on any atom is -0.380 e. The third-order valence-electron chi connectivity index (χ3n) is 1.23. The van der Waals surface area contributed by atoms with Crippen LogP contribution in [0, 0.1) is 0 Å². The lowest BCUT2D eigenvalue weighted by atomic mass is 10.2. The van der Waals surface area contributed by atoms with Gasteiger partial charge in [0.2, 0.25) is 0 Å². The molecule has 0 unspecified atom stereocenters. The first-order valence-electron chi connectivity index (χ1n) is 3.63. The van der Waals surface area contributed by atoms with Gasteiger partial charge in [0.05, 0.1) is 5.60 Å². The second-order valence-corrected chi connectivity index (χ2v) is 9.90. The van der Waals surface area contributed by atoms with Gasteiger partial charge in [0.15, 0.2) is 0 Å². The predicted octanol–water partition coefficient (Wildman–Crippen LogP) is -0.105. The van der Waals surface area contributed by atoms with Crippen LogP contribution in [0.1, 0.15) is 20.8 Å². The van der Waals surface area contributed by atoms with E-state index in [2.05, 4.69) is 0 Å². The summed E-state index contributed by atoms with van der Waals surface area (Å²) in [6, 6.07) is 0. The molecule has 3 nitrogen and oxygen atoms in total. The van der Waals surface area contributed by atoms with Gasteiger partial charge in [0.1, 0.15) is 9.76 Å². The first-order valence-corrected chi connectivity index (χ1v) is 8.86. The van der Waals surface area contributed by atoms with Crippen LogP contribution in [0.15, 0.2) is 0 Å². The van der Waals surface area contributed by atoms with Crippen molar-refractivity contribution in [1.29, 1.82) is 0 Å². The molecule has 0 radical (unpaired) electrons. The van der Waals surface area contributed by atoms with Crippen molar-refractivity contribution in [3.8, 4) is 0 Å². The number of hydrogen-bond donors (Lipinski definition) is 0. The van der Waals surface area contributed by atoms with Crippen LogP contribution in [-0.2, 0) is 13.3 Å². The lowest BCUT2D eigenvalue weighted by Gasteiger charge is -2.31. The average Bonchev–Trinajstić information content (AvgIpc) is 1.84. The standard InChI is InChI=1S/C6H18O3Si2/c1-6(2,3)9-11(10,7-4)8-5/h1-5,10H3. The van der Waals surface area contributed by atoms with E-state index in [1.807, 2.05) is 20.8 Å². The zero-order chi connectivity index (χ0) is 9.12. The van der Waals surface area contributed by atoms with Gasteiger partial charge >= 0.3 is 8.32 Å². The zero-order valence-electron chi connectivity index (χ0n) is 8.22. The van der Waals surface area contributed by atoms with Crippen LogP contribution in [0.2, 0.25) is 0 Å². The number of hydrogen-bond acceptors (Lipinski definition) is 3. The van der Waals surface area contributed by atoms with Crippen molar-refractivity contribution in [2.24, 2.45) is 0 Å². The Kier molecular flexibility index (Phi) is 3.92. The summed E-state index contributed by atoms with van der Waals surface area (Å²) in [6.07, 6.45) is 0. The van der Waals surface area contributed by atoms with Crippen molar-refractivity contribution < 1.29 is 13.3 Å². The SMILES string of the molecule is CO[Si]([SiH3])(OC)OC(C)(C)C. The Morgan fingerprint density at radius 2 is 1.45 bits per heavy atom. The smallest absolute Gasteiger partial charge is 0.380 e. The minimum atomic E-state index is -2.19. The van der Waals surface area contributed by atoms with E-state index in [4.69, 9.17) is 13.3 Å². The summed E-state index contributed by atoms with van der Waals surface area (Å²) in [5.41, 5.74) is -0.167. The molecule has 0 aliphatic carbocycles. The molecule has 0 bridgehead atoms. The predicted molar refractivity (Wildman–Crippen MR) is 50.5 cm³/mol. The molecule has 0 aromatic rings. The van der Waals surface area contributed by atoms with E-state index in [-0.39, 0.29) is 5.60 Å². The van der Waals surface area contributed by atoms with Crippen LogP contribution >= 0.6 is 0 Å². The van der Waals surface area contributed by atoms with E-state index >= 15 is 0 Å². The summed E-state index contributed by atoms with van der Waals surface area (Å²) in [5, 5.41) is 0. The topological polar surface area (TPSA) is 27.7 Å². The Labute approximate surface area is 72.6 Å². The summed E-state index contributed by atoms with van der Waals surface area (Å²) in [4.78, 5) is 0. The van der Waals surface area contributed by atoms with Crippen LogP contribution < -0.4 is 0 Å². The summed E-state index contributed by atoms with van der Waals surface area (Å²) in [6.45, 7) is 6.01. The van der Waals surface area contributed by atoms with Gasteiger partial charge in [0.25, 0.3) is 0 Å². The Morgan fingerprint density at radius 3 is 1.55 bits per heavy atom. The molecule has 0 heterocycles. The number of rotatable bonds is 3.